The van der Waals surface area contributed by atoms with Crippen molar-refractivity contribution in [1.82, 2.24) is 10.2 Å². The average molecular weight is 552 g/mol. The van der Waals surface area contributed by atoms with Crippen molar-refractivity contribution in [3.8, 4) is 0 Å². The van der Waals surface area contributed by atoms with Gasteiger partial charge in [-0.15, -0.1) is 0 Å². The first kappa shape index (κ1) is 28.3. The summed E-state index contributed by atoms with van der Waals surface area (Å²) in [5.41, 5.74) is 1.66. The van der Waals surface area contributed by atoms with Crippen molar-refractivity contribution in [2.75, 3.05) is 54.4 Å². The predicted molar refractivity (Wildman–Crippen MR) is 146 cm³/mol. The largest absolute Gasteiger partial charge is 0.442 e. The fourth-order valence-corrected chi connectivity index (χ4v) is 4.45. The lowest BCUT2D eigenvalue weighted by molar-refractivity contribution is -0.126. The van der Waals surface area contributed by atoms with E-state index in [2.05, 4.69) is 10.6 Å². The van der Waals surface area contributed by atoms with Gasteiger partial charge in [-0.2, -0.15) is 0 Å². The monoisotopic (exact) mass is 551 g/mol. The number of carbonyl (C=O) groups is 5. The van der Waals surface area contributed by atoms with E-state index in [4.69, 9.17) is 4.74 Å². The molecule has 2 aromatic carbocycles. The van der Waals surface area contributed by atoms with Crippen molar-refractivity contribution in [3.63, 3.8) is 0 Å². The normalized spacial score (nSPS) is 17.1. The number of piperazine rings is 1. The molecule has 0 radical (unpaired) electrons. The number of amides is 4. The van der Waals surface area contributed by atoms with Gasteiger partial charge in [0.2, 0.25) is 17.7 Å². The van der Waals surface area contributed by atoms with Crippen LogP contribution in [-0.2, 0) is 19.1 Å². The number of rotatable bonds is 8. The Morgan fingerprint density at radius 1 is 0.975 bits per heavy atom. The van der Waals surface area contributed by atoms with Crippen LogP contribution in [0.2, 0.25) is 0 Å². The maximum Gasteiger partial charge on any atom is 0.414 e. The SMILES string of the molecule is CC(=O)NC[C@H]1CN(c2ccc(N3CCN(C(=O)C=CC(=O)c4ccc(NC(C)=O)cc4)CC3)c(F)c2)C(=O)O1. The standard InChI is InChI=1S/C28H30FN5O6/c1-18(35)30-16-23-17-34(28(39)40-23)22-7-8-25(24(29)15-22)32-11-13-33(14-12-32)27(38)10-9-26(37)20-3-5-21(6-4-20)31-19(2)36/h3-10,15,23H,11-14,16-17H2,1-2H3,(H,30,35)(H,31,36)/t23-/m0/s1. The van der Waals surface area contributed by atoms with Crippen LogP contribution < -0.4 is 20.4 Å². The summed E-state index contributed by atoms with van der Waals surface area (Å²) < 4.78 is 20.3. The van der Waals surface area contributed by atoms with E-state index in [9.17, 15) is 24.0 Å². The first-order valence-electron chi connectivity index (χ1n) is 12.8. The Morgan fingerprint density at radius 3 is 2.30 bits per heavy atom. The molecule has 4 amide bonds. The highest BCUT2D eigenvalue weighted by molar-refractivity contribution is 6.08. The lowest BCUT2D eigenvalue weighted by Gasteiger charge is -2.36. The summed E-state index contributed by atoms with van der Waals surface area (Å²) in [5, 5.41) is 5.22. The third-order valence-corrected chi connectivity index (χ3v) is 6.49. The number of anilines is 3. The molecule has 0 saturated carbocycles. The summed E-state index contributed by atoms with van der Waals surface area (Å²) in [6.45, 7) is 4.59. The van der Waals surface area contributed by atoms with E-state index in [-0.39, 0.29) is 36.6 Å². The maximum absolute atomic E-state index is 15.1. The lowest BCUT2D eigenvalue weighted by atomic mass is 10.1. The third kappa shape index (κ3) is 7.01. The van der Waals surface area contributed by atoms with Gasteiger partial charge < -0.3 is 25.2 Å². The fraction of sp³-hybridized carbons (Fsp3) is 0.321. The smallest absolute Gasteiger partial charge is 0.414 e. The van der Waals surface area contributed by atoms with Crippen LogP contribution >= 0.6 is 0 Å². The molecule has 40 heavy (non-hydrogen) atoms. The number of ketones is 1. The Bertz CT molecular complexity index is 1340. The molecule has 2 aliphatic rings. The number of benzene rings is 2. The van der Waals surface area contributed by atoms with Gasteiger partial charge in [0.05, 0.1) is 24.5 Å². The molecule has 12 heteroatoms. The minimum atomic E-state index is -0.608. The number of cyclic esters (lactones) is 1. The number of allylic oxidation sites excluding steroid dienone is 1. The maximum atomic E-state index is 15.1. The highest BCUT2D eigenvalue weighted by Crippen LogP contribution is 2.28. The molecule has 1 atom stereocenters. The topological polar surface area (TPSA) is 128 Å². The summed E-state index contributed by atoms with van der Waals surface area (Å²) in [6, 6.07) is 10.8. The number of carbonyl (C=O) groups excluding carboxylic acids is 5. The van der Waals surface area contributed by atoms with Gasteiger partial charge in [-0.25, -0.2) is 9.18 Å². The number of nitrogens with zero attached hydrogens (tertiary/aromatic N) is 3. The Kier molecular flexibility index (Phi) is 8.77. The van der Waals surface area contributed by atoms with Crippen molar-refractivity contribution in [3.05, 3.63) is 66.0 Å². The predicted octanol–water partition coefficient (Wildman–Crippen LogP) is 2.33. The average Bonchev–Trinajstić information content (AvgIpc) is 3.31. The zero-order valence-electron chi connectivity index (χ0n) is 22.2. The van der Waals surface area contributed by atoms with E-state index in [1.165, 1.54) is 37.0 Å². The molecule has 2 fully saturated rings. The number of nitrogens with one attached hydrogen (secondary N) is 2. The quantitative estimate of drug-likeness (QED) is 0.381. The molecule has 0 spiro atoms. The van der Waals surface area contributed by atoms with E-state index in [1.54, 1.807) is 41.3 Å². The van der Waals surface area contributed by atoms with Crippen molar-refractivity contribution in [2.24, 2.45) is 0 Å². The molecule has 0 bridgehead atoms. The number of hydrogen-bond acceptors (Lipinski definition) is 7. The molecule has 0 unspecified atom stereocenters. The second-order valence-corrected chi connectivity index (χ2v) is 9.46. The van der Waals surface area contributed by atoms with Gasteiger partial charge in [0.1, 0.15) is 11.9 Å². The van der Waals surface area contributed by atoms with Crippen LogP contribution in [0.25, 0.3) is 0 Å². The number of hydrogen-bond donors (Lipinski definition) is 2. The molecular weight excluding hydrogens is 521 g/mol. The second-order valence-electron chi connectivity index (χ2n) is 9.46. The van der Waals surface area contributed by atoms with Gasteiger partial charge in [0.25, 0.3) is 0 Å². The molecule has 2 aromatic rings. The molecule has 2 N–H and O–H groups in total. The molecule has 210 valence electrons. The van der Waals surface area contributed by atoms with Crippen molar-refractivity contribution in [2.45, 2.75) is 20.0 Å². The summed E-state index contributed by atoms with van der Waals surface area (Å²) in [5.74, 6) is -1.62. The Balaban J connectivity index is 1.29. The van der Waals surface area contributed by atoms with Crippen LogP contribution in [0.15, 0.2) is 54.6 Å². The van der Waals surface area contributed by atoms with Crippen LogP contribution in [0.3, 0.4) is 0 Å². The molecule has 2 saturated heterocycles. The highest BCUT2D eigenvalue weighted by atomic mass is 19.1. The lowest BCUT2D eigenvalue weighted by Crippen LogP contribution is -2.48. The Labute approximate surface area is 230 Å². The molecule has 11 nitrogen and oxygen atoms in total. The van der Waals surface area contributed by atoms with Crippen molar-refractivity contribution >= 4 is 46.7 Å². The summed E-state index contributed by atoms with van der Waals surface area (Å²) >= 11 is 0. The minimum Gasteiger partial charge on any atom is -0.442 e. The van der Waals surface area contributed by atoms with Gasteiger partial charge in [-0.3, -0.25) is 24.1 Å². The van der Waals surface area contributed by atoms with Crippen LogP contribution in [0, 0.1) is 5.82 Å². The Hall–Kier alpha value is -4.74. The van der Waals surface area contributed by atoms with Crippen LogP contribution in [-0.4, -0.2) is 79.9 Å². The first-order valence-corrected chi connectivity index (χ1v) is 12.8. The van der Waals surface area contributed by atoms with E-state index in [1.807, 2.05) is 4.90 Å². The van der Waals surface area contributed by atoms with Gasteiger partial charge in [0.15, 0.2) is 5.78 Å². The van der Waals surface area contributed by atoms with Gasteiger partial charge >= 0.3 is 6.09 Å². The third-order valence-electron chi connectivity index (χ3n) is 6.49. The first-order chi connectivity index (χ1) is 19.1. The van der Waals surface area contributed by atoms with Crippen LogP contribution in [0.1, 0.15) is 24.2 Å². The molecular formula is C28H30FN5O6. The molecule has 2 aliphatic heterocycles. The fourth-order valence-electron chi connectivity index (χ4n) is 4.45. The van der Waals surface area contributed by atoms with Crippen LogP contribution in [0.4, 0.5) is 26.2 Å². The highest BCUT2D eigenvalue weighted by Gasteiger charge is 2.33. The second kappa shape index (κ2) is 12.4. The summed E-state index contributed by atoms with van der Waals surface area (Å²) in [7, 11) is 0. The summed E-state index contributed by atoms with van der Waals surface area (Å²) in [4.78, 5) is 64.2. The Morgan fingerprint density at radius 2 is 1.68 bits per heavy atom. The van der Waals surface area contributed by atoms with Gasteiger partial charge in [-0.05, 0) is 48.5 Å². The van der Waals surface area contributed by atoms with Crippen molar-refractivity contribution in [1.29, 1.82) is 0 Å². The van der Waals surface area contributed by atoms with Crippen molar-refractivity contribution < 1.29 is 33.1 Å². The molecule has 4 rings (SSSR count). The zero-order chi connectivity index (χ0) is 28.8. The number of ether oxygens (including phenoxy) is 1. The summed E-state index contributed by atoms with van der Waals surface area (Å²) in [6.07, 6.45) is 1.31. The van der Waals surface area contributed by atoms with Gasteiger partial charge in [0, 0.05) is 57.4 Å². The van der Waals surface area contributed by atoms with E-state index < -0.39 is 18.0 Å². The van der Waals surface area contributed by atoms with Crippen LogP contribution in [0.5, 0.6) is 0 Å². The number of halogens is 1. The zero-order valence-corrected chi connectivity index (χ0v) is 22.2. The van der Waals surface area contributed by atoms with E-state index in [0.29, 0.717) is 48.8 Å². The molecule has 0 aromatic heterocycles. The van der Waals surface area contributed by atoms with E-state index >= 15 is 4.39 Å². The van der Waals surface area contributed by atoms with E-state index in [0.717, 1.165) is 0 Å². The molecule has 2 heterocycles. The van der Waals surface area contributed by atoms with Gasteiger partial charge in [-0.1, -0.05) is 0 Å². The minimum absolute atomic E-state index is 0.178. The molecule has 0 aliphatic carbocycles.